The van der Waals surface area contributed by atoms with Crippen LogP contribution in [0.1, 0.15) is 31.0 Å². The van der Waals surface area contributed by atoms with Crippen LogP contribution in [0.3, 0.4) is 0 Å². The Balaban J connectivity index is 2.27. The topological polar surface area (TPSA) is 82.1 Å². The van der Waals surface area contributed by atoms with Crippen molar-refractivity contribution in [1.29, 1.82) is 0 Å². The Morgan fingerprint density at radius 3 is 3.00 bits per heavy atom. The first-order valence-corrected chi connectivity index (χ1v) is 6.28. The molecule has 19 heavy (non-hydrogen) atoms. The molecule has 0 saturated carbocycles. The maximum atomic E-state index is 10.7. The Bertz CT molecular complexity index is 585. The lowest BCUT2D eigenvalue weighted by Crippen LogP contribution is -1.92. The molecule has 0 saturated heterocycles. The van der Waals surface area contributed by atoms with Crippen molar-refractivity contribution in [3.63, 3.8) is 0 Å². The zero-order chi connectivity index (χ0) is 13.8. The van der Waals surface area contributed by atoms with E-state index >= 15 is 0 Å². The zero-order valence-corrected chi connectivity index (χ0v) is 11.0. The standard InChI is InChI=1S/C12H12ClN3O3/c1-2-4-10(13)11-14-12(19-15-11)8-5-3-6-9(7-8)16(17)18/h3,5-7,10H,2,4H2,1H3. The minimum atomic E-state index is -0.470. The Kier molecular flexibility index (Phi) is 4.11. The minimum Gasteiger partial charge on any atom is -0.334 e. The van der Waals surface area contributed by atoms with Crippen LogP contribution in [0.4, 0.5) is 5.69 Å². The Morgan fingerprint density at radius 2 is 2.32 bits per heavy atom. The predicted octanol–water partition coefficient (Wildman–Crippen LogP) is 3.72. The van der Waals surface area contributed by atoms with Gasteiger partial charge in [-0.1, -0.05) is 24.6 Å². The maximum Gasteiger partial charge on any atom is 0.270 e. The van der Waals surface area contributed by atoms with E-state index in [1.807, 2.05) is 6.92 Å². The van der Waals surface area contributed by atoms with Crippen molar-refractivity contribution in [1.82, 2.24) is 10.1 Å². The van der Waals surface area contributed by atoms with Gasteiger partial charge >= 0.3 is 0 Å². The van der Waals surface area contributed by atoms with Crippen molar-refractivity contribution in [2.45, 2.75) is 25.1 Å². The Hall–Kier alpha value is -1.95. The predicted molar refractivity (Wildman–Crippen MR) is 69.9 cm³/mol. The van der Waals surface area contributed by atoms with E-state index in [-0.39, 0.29) is 17.0 Å². The van der Waals surface area contributed by atoms with Crippen LogP contribution in [0.2, 0.25) is 0 Å². The first-order valence-electron chi connectivity index (χ1n) is 5.84. The number of non-ortho nitro benzene ring substituents is 1. The van der Waals surface area contributed by atoms with Crippen LogP contribution < -0.4 is 0 Å². The number of halogens is 1. The molecular weight excluding hydrogens is 270 g/mol. The highest BCUT2D eigenvalue weighted by Crippen LogP contribution is 2.27. The molecule has 0 radical (unpaired) electrons. The molecule has 0 amide bonds. The normalized spacial score (nSPS) is 12.3. The van der Waals surface area contributed by atoms with E-state index in [4.69, 9.17) is 16.1 Å². The van der Waals surface area contributed by atoms with Gasteiger partial charge in [-0.25, -0.2) is 0 Å². The summed E-state index contributed by atoms with van der Waals surface area (Å²) in [6.07, 6.45) is 1.66. The van der Waals surface area contributed by atoms with Crippen LogP contribution in [0.15, 0.2) is 28.8 Å². The molecule has 1 aromatic carbocycles. The highest BCUT2D eigenvalue weighted by atomic mass is 35.5. The van der Waals surface area contributed by atoms with Crippen LogP contribution in [-0.4, -0.2) is 15.1 Å². The third-order valence-electron chi connectivity index (χ3n) is 2.57. The van der Waals surface area contributed by atoms with Gasteiger partial charge in [0.1, 0.15) is 0 Å². The largest absolute Gasteiger partial charge is 0.334 e. The Morgan fingerprint density at radius 1 is 1.53 bits per heavy atom. The van der Waals surface area contributed by atoms with Gasteiger partial charge in [-0.2, -0.15) is 4.98 Å². The van der Waals surface area contributed by atoms with Crippen molar-refractivity contribution >= 4 is 17.3 Å². The molecule has 1 unspecified atom stereocenters. The summed E-state index contributed by atoms with van der Waals surface area (Å²) in [4.78, 5) is 14.4. The SMILES string of the molecule is CCCC(Cl)c1noc(-c2cccc([N+](=O)[O-])c2)n1. The number of alkyl halides is 1. The van der Waals surface area contributed by atoms with Gasteiger partial charge in [-0.15, -0.1) is 11.6 Å². The molecule has 0 fully saturated rings. The second-order valence-electron chi connectivity index (χ2n) is 4.02. The van der Waals surface area contributed by atoms with Gasteiger partial charge in [-0.3, -0.25) is 10.1 Å². The fourth-order valence-corrected chi connectivity index (χ4v) is 1.92. The Labute approximate surface area is 114 Å². The fourth-order valence-electron chi connectivity index (χ4n) is 1.61. The van der Waals surface area contributed by atoms with Gasteiger partial charge in [0.25, 0.3) is 11.6 Å². The third kappa shape index (κ3) is 3.08. The molecule has 0 N–H and O–H groups in total. The summed E-state index contributed by atoms with van der Waals surface area (Å²) >= 11 is 6.10. The average molecular weight is 282 g/mol. The summed E-state index contributed by atoms with van der Waals surface area (Å²) in [5, 5.41) is 14.2. The van der Waals surface area contributed by atoms with Gasteiger partial charge in [0, 0.05) is 17.7 Å². The second kappa shape index (κ2) is 5.79. The lowest BCUT2D eigenvalue weighted by Gasteiger charge is -1.99. The molecule has 6 nitrogen and oxygen atoms in total. The van der Waals surface area contributed by atoms with Crippen LogP contribution >= 0.6 is 11.6 Å². The van der Waals surface area contributed by atoms with Crippen molar-refractivity contribution < 1.29 is 9.45 Å². The number of rotatable bonds is 5. The number of aromatic nitrogens is 2. The molecule has 2 aromatic rings. The number of hydrogen-bond donors (Lipinski definition) is 0. The molecule has 0 bridgehead atoms. The average Bonchev–Trinajstić information content (AvgIpc) is 2.89. The maximum absolute atomic E-state index is 10.7. The van der Waals surface area contributed by atoms with E-state index in [1.54, 1.807) is 12.1 Å². The van der Waals surface area contributed by atoms with Gasteiger partial charge in [0.15, 0.2) is 5.82 Å². The van der Waals surface area contributed by atoms with Crippen molar-refractivity contribution in [3.8, 4) is 11.5 Å². The van der Waals surface area contributed by atoms with Gasteiger partial charge in [-0.05, 0) is 12.5 Å². The minimum absolute atomic E-state index is 0.0202. The van der Waals surface area contributed by atoms with E-state index in [1.165, 1.54) is 12.1 Å². The van der Waals surface area contributed by atoms with Crippen molar-refractivity contribution in [2.75, 3.05) is 0 Å². The number of benzene rings is 1. The summed E-state index contributed by atoms with van der Waals surface area (Å²) in [6, 6.07) is 6.04. The number of nitro groups is 1. The van der Waals surface area contributed by atoms with Crippen LogP contribution in [-0.2, 0) is 0 Å². The van der Waals surface area contributed by atoms with Crippen molar-refractivity contribution in [2.24, 2.45) is 0 Å². The summed E-state index contributed by atoms with van der Waals surface area (Å²) in [5.41, 5.74) is 0.488. The molecule has 0 aliphatic carbocycles. The quantitative estimate of drug-likeness (QED) is 0.474. The molecule has 0 aliphatic heterocycles. The highest BCUT2D eigenvalue weighted by Gasteiger charge is 2.17. The summed E-state index contributed by atoms with van der Waals surface area (Å²) in [5.74, 6) is 0.644. The number of nitrogens with zero attached hydrogens (tertiary/aromatic N) is 3. The fraction of sp³-hybridized carbons (Fsp3) is 0.333. The first kappa shape index (κ1) is 13.5. The number of hydrogen-bond acceptors (Lipinski definition) is 5. The molecule has 1 aromatic heterocycles. The van der Waals surface area contributed by atoms with E-state index in [0.717, 1.165) is 12.8 Å². The van der Waals surface area contributed by atoms with E-state index in [2.05, 4.69) is 10.1 Å². The molecule has 1 atom stereocenters. The number of nitro benzene ring substituents is 1. The van der Waals surface area contributed by atoms with Gasteiger partial charge in [0.05, 0.1) is 10.3 Å². The third-order valence-corrected chi connectivity index (χ3v) is 2.98. The molecule has 100 valence electrons. The van der Waals surface area contributed by atoms with Gasteiger partial charge in [0.2, 0.25) is 0 Å². The van der Waals surface area contributed by atoms with Gasteiger partial charge < -0.3 is 4.52 Å². The van der Waals surface area contributed by atoms with E-state index in [0.29, 0.717) is 11.4 Å². The van der Waals surface area contributed by atoms with Crippen LogP contribution in [0.25, 0.3) is 11.5 Å². The lowest BCUT2D eigenvalue weighted by atomic mass is 10.2. The summed E-state index contributed by atoms with van der Waals surface area (Å²) in [7, 11) is 0. The van der Waals surface area contributed by atoms with Crippen molar-refractivity contribution in [3.05, 3.63) is 40.2 Å². The monoisotopic (exact) mass is 281 g/mol. The summed E-state index contributed by atoms with van der Waals surface area (Å²) < 4.78 is 5.08. The summed E-state index contributed by atoms with van der Waals surface area (Å²) in [6.45, 7) is 2.01. The van der Waals surface area contributed by atoms with E-state index < -0.39 is 4.92 Å². The molecule has 1 heterocycles. The zero-order valence-electron chi connectivity index (χ0n) is 10.2. The molecule has 0 aliphatic rings. The molecule has 0 spiro atoms. The van der Waals surface area contributed by atoms with Crippen LogP contribution in [0.5, 0.6) is 0 Å². The molecule has 7 heteroatoms. The molecule has 2 rings (SSSR count). The first-order chi connectivity index (χ1) is 9.11. The molecular formula is C12H12ClN3O3. The smallest absolute Gasteiger partial charge is 0.270 e. The second-order valence-corrected chi connectivity index (χ2v) is 4.55. The lowest BCUT2D eigenvalue weighted by molar-refractivity contribution is -0.384. The van der Waals surface area contributed by atoms with E-state index in [9.17, 15) is 10.1 Å². The highest BCUT2D eigenvalue weighted by molar-refractivity contribution is 6.20. The van der Waals surface area contributed by atoms with Crippen LogP contribution in [0, 0.1) is 10.1 Å².